The summed E-state index contributed by atoms with van der Waals surface area (Å²) in [6.45, 7) is 4.01. The first kappa shape index (κ1) is 27.3. The lowest BCUT2D eigenvalue weighted by atomic mass is 9.51. The highest BCUT2D eigenvalue weighted by atomic mass is 16.7. The third-order valence-electron chi connectivity index (χ3n) is 10.7. The zero-order chi connectivity index (χ0) is 26.8. The van der Waals surface area contributed by atoms with Crippen LogP contribution in [0.4, 0.5) is 0 Å². The van der Waals surface area contributed by atoms with Crippen LogP contribution in [0.15, 0.2) is 18.2 Å². The normalized spacial score (nSPS) is 37.8. The second kappa shape index (κ2) is 11.9. The van der Waals surface area contributed by atoms with E-state index in [4.69, 9.17) is 25.4 Å². The number of Topliss-reactive ketones (excluding diaryl/α,β-unsaturated/α-hetero) is 1. The molecule has 2 saturated carbocycles. The number of ether oxygens (including phenoxy) is 4. The molecular formula is C34H46O5. The molecule has 3 aliphatic carbocycles. The minimum atomic E-state index is -0.207. The van der Waals surface area contributed by atoms with E-state index < -0.39 is 0 Å². The second-order valence-corrected chi connectivity index (χ2v) is 12.9. The molecule has 0 N–H and O–H groups in total. The number of hydrogen-bond donors (Lipinski definition) is 0. The molecule has 1 aromatic carbocycles. The van der Waals surface area contributed by atoms with Gasteiger partial charge in [-0.25, -0.2) is 0 Å². The average molecular weight is 535 g/mol. The zero-order valence-electron chi connectivity index (χ0n) is 23.7. The summed E-state index contributed by atoms with van der Waals surface area (Å²) in [6, 6.07) is 6.29. The Balaban J connectivity index is 1.26. The predicted molar refractivity (Wildman–Crippen MR) is 151 cm³/mol. The van der Waals surface area contributed by atoms with Gasteiger partial charge < -0.3 is 18.9 Å². The van der Waals surface area contributed by atoms with Gasteiger partial charge in [0.1, 0.15) is 5.75 Å². The Morgan fingerprint density at radius 1 is 1.00 bits per heavy atom. The predicted octanol–water partition coefficient (Wildman–Crippen LogP) is 7.42. The molecule has 8 atom stereocenters. The van der Waals surface area contributed by atoms with Crippen molar-refractivity contribution in [2.45, 2.75) is 121 Å². The number of fused-ring (bicyclic) bond motifs is 5. The van der Waals surface area contributed by atoms with Gasteiger partial charge in [0.05, 0.1) is 12.7 Å². The Hall–Kier alpha value is -1.87. The van der Waals surface area contributed by atoms with Gasteiger partial charge in [0.25, 0.3) is 0 Å². The number of unbranched alkanes of at least 4 members (excludes halogenated alkanes) is 2. The van der Waals surface area contributed by atoms with Crippen molar-refractivity contribution in [1.82, 2.24) is 0 Å². The molecular weight excluding hydrogens is 488 g/mol. The number of benzene rings is 1. The quantitative estimate of drug-likeness (QED) is 0.257. The highest BCUT2D eigenvalue weighted by Crippen LogP contribution is 2.63. The summed E-state index contributed by atoms with van der Waals surface area (Å²) >= 11 is 0. The minimum Gasteiger partial charge on any atom is -0.465 e. The third-order valence-corrected chi connectivity index (χ3v) is 10.7. The standard InChI is InChI=1S/C34H46O5/c1-3-4-5-6-11-26-32-25(18-19-34(2)28(32)16-17-29(34)39-31-13-8-10-21-37-31)24-15-14-23(22-27(24)33(26)35)38-30-12-7-9-20-36-30/h1,14-15,22,25-26,28-32H,4-13,16-21H2,2H3/t25-,26+,28+,29+,30?,31?,32+,34+/m1/s1. The molecule has 6 rings (SSSR count). The largest absolute Gasteiger partial charge is 0.465 e. The molecule has 0 aromatic heterocycles. The fourth-order valence-corrected chi connectivity index (χ4v) is 8.69. The van der Waals surface area contributed by atoms with E-state index >= 15 is 0 Å². The van der Waals surface area contributed by atoms with Crippen LogP contribution < -0.4 is 4.74 Å². The molecule has 0 amide bonds. The molecule has 212 valence electrons. The summed E-state index contributed by atoms with van der Waals surface area (Å²) in [5.74, 6) is 5.17. The molecule has 5 heteroatoms. The number of carbonyl (C=O) groups excluding carboxylic acids is 1. The summed E-state index contributed by atoms with van der Waals surface area (Å²) in [5.41, 5.74) is 2.22. The van der Waals surface area contributed by atoms with Crippen molar-refractivity contribution in [1.29, 1.82) is 0 Å². The Kier molecular flexibility index (Phi) is 8.35. The molecule has 2 saturated heterocycles. The van der Waals surface area contributed by atoms with Gasteiger partial charge in [-0.15, -0.1) is 12.3 Å². The maximum atomic E-state index is 14.3. The zero-order valence-corrected chi connectivity index (χ0v) is 23.7. The van der Waals surface area contributed by atoms with E-state index in [-0.39, 0.29) is 30.0 Å². The molecule has 5 aliphatic rings. The highest BCUT2D eigenvalue weighted by molar-refractivity contribution is 6.01. The van der Waals surface area contributed by atoms with Crippen LogP contribution in [0.25, 0.3) is 0 Å². The van der Waals surface area contributed by atoms with Crippen LogP contribution in [0.1, 0.15) is 119 Å². The molecule has 39 heavy (non-hydrogen) atoms. The maximum absolute atomic E-state index is 14.3. The van der Waals surface area contributed by atoms with Crippen LogP contribution in [0.2, 0.25) is 0 Å². The first-order chi connectivity index (χ1) is 19.1. The van der Waals surface area contributed by atoms with Crippen LogP contribution in [0.5, 0.6) is 5.75 Å². The molecule has 2 unspecified atom stereocenters. The van der Waals surface area contributed by atoms with Gasteiger partial charge in [-0.05, 0) is 111 Å². The summed E-state index contributed by atoms with van der Waals surface area (Å²) in [6.07, 6.45) is 20.1. The van der Waals surface area contributed by atoms with Gasteiger partial charge in [-0.3, -0.25) is 4.79 Å². The number of rotatable bonds is 8. The first-order valence-electron chi connectivity index (χ1n) is 15.8. The Morgan fingerprint density at radius 3 is 2.54 bits per heavy atom. The molecule has 2 aliphatic heterocycles. The van der Waals surface area contributed by atoms with Crippen LogP contribution in [-0.4, -0.2) is 37.7 Å². The van der Waals surface area contributed by atoms with Crippen molar-refractivity contribution in [3.8, 4) is 18.1 Å². The Labute approximate surface area is 234 Å². The van der Waals surface area contributed by atoms with Crippen LogP contribution >= 0.6 is 0 Å². The molecule has 5 nitrogen and oxygen atoms in total. The van der Waals surface area contributed by atoms with Crippen molar-refractivity contribution < 1.29 is 23.7 Å². The molecule has 0 radical (unpaired) electrons. The van der Waals surface area contributed by atoms with Crippen molar-refractivity contribution in [3.63, 3.8) is 0 Å². The average Bonchev–Trinajstić information content (AvgIpc) is 3.29. The topological polar surface area (TPSA) is 54.0 Å². The smallest absolute Gasteiger partial charge is 0.199 e. The van der Waals surface area contributed by atoms with Crippen molar-refractivity contribution in [2.75, 3.05) is 13.2 Å². The second-order valence-electron chi connectivity index (χ2n) is 12.9. The van der Waals surface area contributed by atoms with Gasteiger partial charge >= 0.3 is 0 Å². The fraction of sp³-hybridized carbons (Fsp3) is 0.735. The fourth-order valence-electron chi connectivity index (χ4n) is 8.69. The van der Waals surface area contributed by atoms with Gasteiger partial charge in [0.2, 0.25) is 0 Å². The van der Waals surface area contributed by atoms with Gasteiger partial charge in [-0.2, -0.15) is 0 Å². The van der Waals surface area contributed by atoms with E-state index in [1.54, 1.807) is 0 Å². The Bertz CT molecular complexity index is 1050. The third kappa shape index (κ3) is 5.42. The van der Waals surface area contributed by atoms with Crippen molar-refractivity contribution in [2.24, 2.45) is 23.2 Å². The monoisotopic (exact) mass is 534 g/mol. The lowest BCUT2D eigenvalue weighted by Gasteiger charge is -2.53. The van der Waals surface area contributed by atoms with Gasteiger partial charge in [-0.1, -0.05) is 19.4 Å². The summed E-state index contributed by atoms with van der Waals surface area (Å²) in [4.78, 5) is 14.3. The van der Waals surface area contributed by atoms with E-state index in [1.165, 1.54) is 12.0 Å². The molecule has 2 heterocycles. The molecule has 4 fully saturated rings. The van der Waals surface area contributed by atoms with Gasteiger partial charge in [0.15, 0.2) is 18.4 Å². The van der Waals surface area contributed by atoms with Crippen LogP contribution in [0.3, 0.4) is 0 Å². The van der Waals surface area contributed by atoms with Crippen molar-refractivity contribution >= 4 is 5.78 Å². The summed E-state index contributed by atoms with van der Waals surface area (Å²) < 4.78 is 24.7. The van der Waals surface area contributed by atoms with E-state index in [0.29, 0.717) is 23.5 Å². The van der Waals surface area contributed by atoms with E-state index in [9.17, 15) is 4.79 Å². The van der Waals surface area contributed by atoms with Gasteiger partial charge in [0, 0.05) is 30.9 Å². The van der Waals surface area contributed by atoms with E-state index in [1.807, 2.05) is 6.07 Å². The minimum absolute atomic E-state index is 0.0377. The molecule has 0 spiro atoms. The summed E-state index contributed by atoms with van der Waals surface area (Å²) in [7, 11) is 0. The lowest BCUT2D eigenvalue weighted by Crippen LogP contribution is -2.50. The number of carbonyl (C=O) groups is 1. The van der Waals surface area contributed by atoms with Crippen molar-refractivity contribution in [3.05, 3.63) is 29.3 Å². The number of terminal acetylenes is 1. The summed E-state index contributed by atoms with van der Waals surface area (Å²) in [5, 5.41) is 0. The Morgan fingerprint density at radius 2 is 1.79 bits per heavy atom. The van der Waals surface area contributed by atoms with E-state index in [0.717, 1.165) is 108 Å². The number of hydrogen-bond acceptors (Lipinski definition) is 5. The first-order valence-corrected chi connectivity index (χ1v) is 15.8. The highest BCUT2D eigenvalue weighted by Gasteiger charge is 2.59. The maximum Gasteiger partial charge on any atom is 0.199 e. The lowest BCUT2D eigenvalue weighted by molar-refractivity contribution is -0.213. The van der Waals surface area contributed by atoms with Crippen LogP contribution in [0, 0.1) is 35.5 Å². The number of ketones is 1. The van der Waals surface area contributed by atoms with E-state index in [2.05, 4.69) is 25.0 Å². The molecule has 1 aromatic rings. The van der Waals surface area contributed by atoms with Crippen LogP contribution in [-0.2, 0) is 14.2 Å². The SMILES string of the molecule is C#CCCCC[C@@H]1C(=O)c2cc(OC3CCCCO3)ccc2[C@H]2CC[C@]3(C)[C@@H](OC4CCCCO4)CC[C@H]3[C@H]12. The molecule has 0 bridgehead atoms.